The Morgan fingerprint density at radius 3 is 2.53 bits per heavy atom. The Balaban J connectivity index is 2.03. The normalized spacial score (nSPS) is 13.9. The van der Waals surface area contributed by atoms with Gasteiger partial charge in [-0.15, -0.1) is 0 Å². The van der Waals surface area contributed by atoms with Crippen LogP contribution in [-0.2, 0) is 4.79 Å². The zero-order valence-corrected chi connectivity index (χ0v) is 8.88. The molecule has 1 aromatic carbocycles. The molecule has 86 valence electrons. The van der Waals surface area contributed by atoms with Gasteiger partial charge in [0.2, 0.25) is 0 Å². The van der Waals surface area contributed by atoms with Gasteiger partial charge in [-0.05, 0) is 18.2 Å². The number of carbonyl (C=O) groups excluding carboxylic acids is 1. The van der Waals surface area contributed by atoms with E-state index in [-0.39, 0.29) is 11.6 Å². The first-order chi connectivity index (χ1) is 8.16. The van der Waals surface area contributed by atoms with Crippen LogP contribution in [0.15, 0.2) is 47.1 Å². The van der Waals surface area contributed by atoms with E-state index in [0.29, 0.717) is 17.8 Å². The molecule has 1 amide bonds. The summed E-state index contributed by atoms with van der Waals surface area (Å²) in [6, 6.07) is 8.68. The SMILES string of the molecule is O=C(O)C1=CCC(NC(=O)c2ccccc2)=N1. The first-order valence-electron chi connectivity index (χ1n) is 5.04. The molecule has 0 saturated heterocycles. The van der Waals surface area contributed by atoms with Crippen molar-refractivity contribution in [2.45, 2.75) is 6.42 Å². The summed E-state index contributed by atoms with van der Waals surface area (Å²) in [5, 5.41) is 11.3. The lowest BCUT2D eigenvalue weighted by atomic mass is 10.2. The maximum absolute atomic E-state index is 11.7. The fourth-order valence-electron chi connectivity index (χ4n) is 1.44. The molecule has 0 spiro atoms. The molecule has 5 nitrogen and oxygen atoms in total. The molecule has 1 aliphatic rings. The van der Waals surface area contributed by atoms with E-state index in [1.165, 1.54) is 6.08 Å². The molecular weight excluding hydrogens is 220 g/mol. The average molecular weight is 230 g/mol. The number of nitrogens with one attached hydrogen (secondary N) is 1. The molecule has 0 aliphatic carbocycles. The summed E-state index contributed by atoms with van der Waals surface area (Å²) in [4.78, 5) is 26.1. The van der Waals surface area contributed by atoms with E-state index in [0.717, 1.165) is 0 Å². The Morgan fingerprint density at radius 1 is 1.24 bits per heavy atom. The Morgan fingerprint density at radius 2 is 1.94 bits per heavy atom. The Kier molecular flexibility index (Phi) is 3.00. The van der Waals surface area contributed by atoms with Crippen molar-refractivity contribution in [3.05, 3.63) is 47.7 Å². The topological polar surface area (TPSA) is 78.8 Å². The molecule has 5 heteroatoms. The molecule has 0 radical (unpaired) electrons. The third kappa shape index (κ3) is 2.57. The van der Waals surface area contributed by atoms with Crippen molar-refractivity contribution in [2.75, 3.05) is 0 Å². The molecule has 0 atom stereocenters. The van der Waals surface area contributed by atoms with E-state index in [2.05, 4.69) is 10.3 Å². The van der Waals surface area contributed by atoms with Gasteiger partial charge in [-0.1, -0.05) is 18.2 Å². The van der Waals surface area contributed by atoms with Crippen LogP contribution in [0.1, 0.15) is 16.8 Å². The van der Waals surface area contributed by atoms with Crippen LogP contribution >= 0.6 is 0 Å². The number of amidine groups is 1. The Bertz CT molecular complexity index is 518. The molecule has 1 aromatic rings. The van der Waals surface area contributed by atoms with Gasteiger partial charge < -0.3 is 10.4 Å². The van der Waals surface area contributed by atoms with Crippen LogP contribution in [0.5, 0.6) is 0 Å². The summed E-state index contributed by atoms with van der Waals surface area (Å²) in [6.07, 6.45) is 1.79. The minimum atomic E-state index is -1.09. The minimum absolute atomic E-state index is 0.0339. The molecule has 17 heavy (non-hydrogen) atoms. The molecule has 1 heterocycles. The summed E-state index contributed by atoms with van der Waals surface area (Å²) in [5.74, 6) is -1.02. The molecule has 1 aliphatic heterocycles. The Labute approximate surface area is 97.5 Å². The molecule has 0 fully saturated rings. The van der Waals surface area contributed by atoms with Gasteiger partial charge in [0, 0.05) is 12.0 Å². The molecule has 2 rings (SSSR count). The van der Waals surface area contributed by atoms with E-state index < -0.39 is 5.97 Å². The van der Waals surface area contributed by atoms with Crippen molar-refractivity contribution in [1.82, 2.24) is 5.32 Å². The second-order valence-electron chi connectivity index (χ2n) is 3.48. The molecule has 0 saturated carbocycles. The van der Waals surface area contributed by atoms with Gasteiger partial charge in [0.25, 0.3) is 5.91 Å². The molecule has 0 unspecified atom stereocenters. The van der Waals surface area contributed by atoms with E-state index in [9.17, 15) is 9.59 Å². The quantitative estimate of drug-likeness (QED) is 0.800. The highest BCUT2D eigenvalue weighted by molar-refractivity contribution is 6.09. The van der Waals surface area contributed by atoms with Gasteiger partial charge in [-0.25, -0.2) is 9.79 Å². The van der Waals surface area contributed by atoms with Crippen molar-refractivity contribution in [3.63, 3.8) is 0 Å². The second kappa shape index (κ2) is 4.61. The number of amides is 1. The van der Waals surface area contributed by atoms with Crippen LogP contribution < -0.4 is 5.32 Å². The number of hydrogen-bond acceptors (Lipinski definition) is 3. The van der Waals surface area contributed by atoms with Crippen LogP contribution in [0, 0.1) is 0 Å². The van der Waals surface area contributed by atoms with Crippen molar-refractivity contribution in [3.8, 4) is 0 Å². The average Bonchev–Trinajstić information content (AvgIpc) is 2.79. The monoisotopic (exact) mass is 230 g/mol. The van der Waals surface area contributed by atoms with Gasteiger partial charge in [0.1, 0.15) is 11.5 Å². The predicted octanol–water partition coefficient (Wildman–Crippen LogP) is 1.19. The first-order valence-corrected chi connectivity index (χ1v) is 5.04. The van der Waals surface area contributed by atoms with Gasteiger partial charge >= 0.3 is 5.97 Å². The molecular formula is C12H10N2O3. The molecule has 2 N–H and O–H groups in total. The smallest absolute Gasteiger partial charge is 0.354 e. The highest BCUT2D eigenvalue weighted by Gasteiger charge is 2.16. The highest BCUT2D eigenvalue weighted by Crippen LogP contribution is 2.09. The lowest BCUT2D eigenvalue weighted by Gasteiger charge is -2.03. The first kappa shape index (κ1) is 11.1. The van der Waals surface area contributed by atoms with Gasteiger partial charge in [0.15, 0.2) is 0 Å². The third-order valence-corrected chi connectivity index (χ3v) is 2.26. The fourth-order valence-corrected chi connectivity index (χ4v) is 1.44. The van der Waals surface area contributed by atoms with E-state index in [1.807, 2.05) is 6.07 Å². The summed E-state index contributed by atoms with van der Waals surface area (Å²) in [7, 11) is 0. The summed E-state index contributed by atoms with van der Waals surface area (Å²) in [6.45, 7) is 0. The summed E-state index contributed by atoms with van der Waals surface area (Å²) in [5.41, 5.74) is 0.479. The van der Waals surface area contributed by atoms with Gasteiger partial charge in [-0.3, -0.25) is 4.79 Å². The lowest BCUT2D eigenvalue weighted by Crippen LogP contribution is -2.29. The molecule has 0 bridgehead atoms. The molecule has 0 aromatic heterocycles. The van der Waals surface area contributed by atoms with Crippen molar-refractivity contribution in [1.29, 1.82) is 0 Å². The number of benzene rings is 1. The maximum Gasteiger partial charge on any atom is 0.354 e. The lowest BCUT2D eigenvalue weighted by molar-refractivity contribution is -0.132. The van der Waals surface area contributed by atoms with Gasteiger partial charge in [-0.2, -0.15) is 0 Å². The largest absolute Gasteiger partial charge is 0.477 e. The highest BCUT2D eigenvalue weighted by atomic mass is 16.4. The van der Waals surface area contributed by atoms with Crippen LogP contribution in [-0.4, -0.2) is 22.8 Å². The number of rotatable bonds is 2. The fraction of sp³-hybridized carbons (Fsp3) is 0.0833. The van der Waals surface area contributed by atoms with E-state index in [1.54, 1.807) is 24.3 Å². The van der Waals surface area contributed by atoms with Crippen molar-refractivity contribution < 1.29 is 14.7 Å². The zero-order chi connectivity index (χ0) is 12.3. The summed E-state index contributed by atoms with van der Waals surface area (Å²) < 4.78 is 0. The predicted molar refractivity (Wildman–Crippen MR) is 61.7 cm³/mol. The Hall–Kier alpha value is -2.43. The number of aliphatic carboxylic acids is 1. The minimum Gasteiger partial charge on any atom is -0.477 e. The summed E-state index contributed by atoms with van der Waals surface area (Å²) >= 11 is 0. The number of carbonyl (C=O) groups is 2. The number of carboxylic acid groups (broad SMARTS) is 1. The number of hydrogen-bond donors (Lipinski definition) is 2. The van der Waals surface area contributed by atoms with Crippen LogP contribution in [0.25, 0.3) is 0 Å². The number of aliphatic imine (C=N–C) groups is 1. The van der Waals surface area contributed by atoms with Crippen molar-refractivity contribution in [2.24, 2.45) is 4.99 Å². The van der Waals surface area contributed by atoms with Crippen LogP contribution in [0.3, 0.4) is 0 Å². The maximum atomic E-state index is 11.7. The van der Waals surface area contributed by atoms with E-state index >= 15 is 0 Å². The third-order valence-electron chi connectivity index (χ3n) is 2.26. The number of carboxylic acids is 1. The second-order valence-corrected chi connectivity index (χ2v) is 3.48. The van der Waals surface area contributed by atoms with Crippen LogP contribution in [0.4, 0.5) is 0 Å². The standard InChI is InChI=1S/C12H10N2O3/c15-11(8-4-2-1-3-5-8)14-10-7-6-9(13-10)12(16)17/h1-6H,7H2,(H,16,17)(H,13,14,15). The van der Waals surface area contributed by atoms with Crippen molar-refractivity contribution >= 4 is 17.7 Å². The van der Waals surface area contributed by atoms with Gasteiger partial charge in [0.05, 0.1) is 0 Å². The zero-order valence-electron chi connectivity index (χ0n) is 8.88. The number of nitrogens with zero attached hydrogens (tertiary/aromatic N) is 1. The van der Waals surface area contributed by atoms with E-state index in [4.69, 9.17) is 5.11 Å². The van der Waals surface area contributed by atoms with Crippen LogP contribution in [0.2, 0.25) is 0 Å².